The molecule has 0 radical (unpaired) electrons. The summed E-state index contributed by atoms with van der Waals surface area (Å²) in [6, 6.07) is 11.6. The maximum atomic E-state index is 12.8. The van der Waals surface area contributed by atoms with Crippen LogP contribution >= 0.6 is 0 Å². The molecule has 0 bridgehead atoms. The minimum Gasteiger partial charge on any atom is -0.346 e. The lowest BCUT2D eigenvalue weighted by atomic mass is 10.1. The van der Waals surface area contributed by atoms with E-state index < -0.39 is 0 Å². The lowest BCUT2D eigenvalue weighted by molar-refractivity contribution is 0.102. The van der Waals surface area contributed by atoms with Crippen molar-refractivity contribution in [1.82, 2.24) is 4.57 Å². The summed E-state index contributed by atoms with van der Waals surface area (Å²) in [5, 5.41) is 3.54. The van der Waals surface area contributed by atoms with Crippen LogP contribution in [-0.4, -0.2) is 10.5 Å². The van der Waals surface area contributed by atoms with Crippen LogP contribution in [0.3, 0.4) is 0 Å². The van der Waals surface area contributed by atoms with Gasteiger partial charge < -0.3 is 9.88 Å². The van der Waals surface area contributed by atoms with E-state index in [0.29, 0.717) is 5.39 Å². The highest BCUT2D eigenvalue weighted by atomic mass is 16.2. The van der Waals surface area contributed by atoms with E-state index in [1.807, 2.05) is 48.7 Å². The van der Waals surface area contributed by atoms with Crippen molar-refractivity contribution in [2.24, 2.45) is 0 Å². The number of anilines is 1. The Morgan fingerprint density at radius 1 is 1.08 bits per heavy atom. The summed E-state index contributed by atoms with van der Waals surface area (Å²) in [5.74, 6) is -0.347. The molecule has 0 saturated carbocycles. The highest BCUT2D eigenvalue weighted by Gasteiger charge is 2.21. The second-order valence-electron chi connectivity index (χ2n) is 6.35. The summed E-state index contributed by atoms with van der Waals surface area (Å²) < 4.78 is 2.02. The Balaban J connectivity index is 1.82. The van der Waals surface area contributed by atoms with Crippen molar-refractivity contribution < 1.29 is 4.79 Å². The molecule has 2 heterocycles. The van der Waals surface area contributed by atoms with Crippen molar-refractivity contribution in [1.29, 1.82) is 0 Å². The van der Waals surface area contributed by atoms with Crippen molar-refractivity contribution in [2.75, 3.05) is 5.32 Å². The maximum absolute atomic E-state index is 12.8. The quantitative estimate of drug-likeness (QED) is 0.787. The van der Waals surface area contributed by atoms with Crippen LogP contribution in [0.15, 0.2) is 47.4 Å². The Morgan fingerprint density at radius 3 is 2.54 bits per heavy atom. The second-order valence-corrected chi connectivity index (χ2v) is 6.35. The molecule has 24 heavy (non-hydrogen) atoms. The number of carbonyl (C=O) groups is 1. The van der Waals surface area contributed by atoms with Gasteiger partial charge in [-0.1, -0.05) is 30.3 Å². The van der Waals surface area contributed by atoms with Gasteiger partial charge in [0, 0.05) is 23.8 Å². The summed E-state index contributed by atoms with van der Waals surface area (Å²) in [7, 11) is 0. The van der Waals surface area contributed by atoms with Crippen LogP contribution in [0.5, 0.6) is 0 Å². The molecule has 0 unspecified atom stereocenters. The molecular weight excluding hydrogens is 300 g/mol. The minimum atomic E-state index is -0.347. The van der Waals surface area contributed by atoms with E-state index in [2.05, 4.69) is 5.32 Å². The van der Waals surface area contributed by atoms with Crippen LogP contribution < -0.4 is 10.7 Å². The monoisotopic (exact) mass is 318 g/mol. The molecule has 0 aliphatic carbocycles. The summed E-state index contributed by atoms with van der Waals surface area (Å²) in [6.07, 6.45) is 2.60. The first kappa shape index (κ1) is 14.7. The number of hydrogen-bond donors (Lipinski definition) is 1. The van der Waals surface area contributed by atoms with Crippen LogP contribution in [0.4, 0.5) is 5.69 Å². The zero-order valence-corrected chi connectivity index (χ0v) is 13.7. The first-order chi connectivity index (χ1) is 11.6. The third kappa shape index (κ3) is 2.14. The van der Waals surface area contributed by atoms with Gasteiger partial charge in [-0.3, -0.25) is 9.59 Å². The highest BCUT2D eigenvalue weighted by Crippen LogP contribution is 2.25. The van der Waals surface area contributed by atoms with E-state index in [-0.39, 0.29) is 16.9 Å². The summed E-state index contributed by atoms with van der Waals surface area (Å²) in [5.41, 5.74) is 4.87. The zero-order valence-electron chi connectivity index (χ0n) is 13.7. The highest BCUT2D eigenvalue weighted by molar-refractivity contribution is 6.06. The number of carbonyl (C=O) groups excluding carboxylic acids is 1. The third-order valence-electron chi connectivity index (χ3n) is 4.77. The average Bonchev–Trinajstić information content (AvgIpc) is 2.98. The molecule has 1 N–H and O–H groups in total. The van der Waals surface area contributed by atoms with Crippen LogP contribution in [0, 0.1) is 13.8 Å². The number of aryl methyl sites for hydroxylation is 4. The van der Waals surface area contributed by atoms with E-state index >= 15 is 0 Å². The molecule has 2 aromatic carbocycles. The smallest absolute Gasteiger partial charge is 0.261 e. The van der Waals surface area contributed by atoms with Gasteiger partial charge in [-0.05, 0) is 43.0 Å². The molecule has 4 rings (SSSR count). The molecule has 0 fully saturated rings. The molecular formula is C20H18N2O2. The van der Waals surface area contributed by atoms with Gasteiger partial charge in [0.25, 0.3) is 5.91 Å². The normalized spacial score (nSPS) is 12.6. The molecule has 1 aromatic heterocycles. The van der Waals surface area contributed by atoms with Crippen LogP contribution in [0.25, 0.3) is 10.9 Å². The Labute approximate surface area is 139 Å². The summed E-state index contributed by atoms with van der Waals surface area (Å²) in [6.45, 7) is 4.70. The van der Waals surface area contributed by atoms with E-state index in [9.17, 15) is 9.59 Å². The van der Waals surface area contributed by atoms with Gasteiger partial charge in [0.1, 0.15) is 5.56 Å². The van der Waals surface area contributed by atoms with E-state index in [0.717, 1.165) is 35.3 Å². The second kappa shape index (κ2) is 5.34. The molecule has 0 saturated heterocycles. The standard InChI is InChI=1S/C20H18N2O2/c1-12-5-3-6-13(2)17(12)21-20(24)16-11-22-10-9-14-7-4-8-15(18(14)22)19(16)23/h3-8,11H,9-10H2,1-2H3,(H,21,24). The largest absolute Gasteiger partial charge is 0.346 e. The Morgan fingerprint density at radius 2 is 1.79 bits per heavy atom. The fourth-order valence-electron chi connectivity index (χ4n) is 3.51. The molecule has 1 aliphatic heterocycles. The number of nitrogens with one attached hydrogen (secondary N) is 1. The van der Waals surface area contributed by atoms with Gasteiger partial charge in [0.15, 0.2) is 0 Å². The predicted octanol–water partition coefficient (Wildman–Crippen LogP) is 3.43. The van der Waals surface area contributed by atoms with E-state index in [1.54, 1.807) is 12.3 Å². The molecule has 1 aliphatic rings. The first-order valence-electron chi connectivity index (χ1n) is 8.09. The number of nitrogens with zero attached hydrogens (tertiary/aromatic N) is 1. The van der Waals surface area contributed by atoms with Gasteiger partial charge in [0.05, 0.1) is 5.52 Å². The van der Waals surface area contributed by atoms with Gasteiger partial charge >= 0.3 is 0 Å². The number of para-hydroxylation sites is 2. The molecule has 120 valence electrons. The van der Waals surface area contributed by atoms with Crippen molar-refractivity contribution in [3.63, 3.8) is 0 Å². The molecule has 3 aromatic rings. The van der Waals surface area contributed by atoms with E-state index in [4.69, 9.17) is 0 Å². The van der Waals surface area contributed by atoms with Crippen LogP contribution in [-0.2, 0) is 13.0 Å². The number of amides is 1. The van der Waals surface area contributed by atoms with Crippen molar-refractivity contribution >= 4 is 22.5 Å². The van der Waals surface area contributed by atoms with Crippen LogP contribution in [0.2, 0.25) is 0 Å². The number of pyridine rings is 1. The van der Waals surface area contributed by atoms with Crippen molar-refractivity contribution in [3.05, 3.63) is 75.1 Å². The van der Waals surface area contributed by atoms with Gasteiger partial charge in [-0.25, -0.2) is 0 Å². The third-order valence-corrected chi connectivity index (χ3v) is 4.77. The number of rotatable bonds is 2. The van der Waals surface area contributed by atoms with Gasteiger partial charge in [-0.2, -0.15) is 0 Å². The fourth-order valence-corrected chi connectivity index (χ4v) is 3.51. The predicted molar refractivity (Wildman–Crippen MR) is 95.8 cm³/mol. The molecule has 4 nitrogen and oxygen atoms in total. The minimum absolute atomic E-state index is 0.198. The molecule has 0 atom stereocenters. The zero-order chi connectivity index (χ0) is 16.8. The topological polar surface area (TPSA) is 51.1 Å². The first-order valence-corrected chi connectivity index (χ1v) is 8.09. The lowest BCUT2D eigenvalue weighted by Gasteiger charge is -2.12. The summed E-state index contributed by atoms with van der Waals surface area (Å²) in [4.78, 5) is 25.5. The van der Waals surface area contributed by atoms with E-state index in [1.165, 1.54) is 5.56 Å². The van der Waals surface area contributed by atoms with Gasteiger partial charge in [-0.15, -0.1) is 0 Å². The SMILES string of the molecule is Cc1cccc(C)c1NC(=O)c1cn2c3c(cccc3c1=O)CC2. The maximum Gasteiger partial charge on any atom is 0.261 e. The Kier molecular flexibility index (Phi) is 3.27. The van der Waals surface area contributed by atoms with Crippen molar-refractivity contribution in [3.8, 4) is 0 Å². The molecule has 1 amide bonds. The number of benzene rings is 2. The Bertz CT molecular complexity index is 1030. The molecule has 0 spiro atoms. The molecule has 4 heteroatoms. The van der Waals surface area contributed by atoms with Crippen LogP contribution in [0.1, 0.15) is 27.0 Å². The summed E-state index contributed by atoms with van der Waals surface area (Å²) >= 11 is 0. The number of aromatic nitrogens is 1. The van der Waals surface area contributed by atoms with Gasteiger partial charge in [0.2, 0.25) is 5.43 Å². The lowest BCUT2D eigenvalue weighted by Crippen LogP contribution is -2.24. The van der Waals surface area contributed by atoms with Crippen molar-refractivity contribution in [2.45, 2.75) is 26.8 Å². The average molecular weight is 318 g/mol. The Hall–Kier alpha value is -2.88. The fraction of sp³-hybridized carbons (Fsp3) is 0.200. The number of hydrogen-bond acceptors (Lipinski definition) is 2.